The lowest BCUT2D eigenvalue weighted by atomic mass is 10.1. The Morgan fingerprint density at radius 3 is 2.35 bits per heavy atom. The van der Waals surface area contributed by atoms with Crippen LogP contribution in [0.3, 0.4) is 0 Å². The molecule has 0 radical (unpaired) electrons. The Bertz CT molecular complexity index is 437. The third kappa shape index (κ3) is 3.14. The van der Waals surface area contributed by atoms with Gasteiger partial charge in [0.05, 0.1) is 21.3 Å². The van der Waals surface area contributed by atoms with Crippen LogP contribution < -0.4 is 9.47 Å². The molecular formula is C12H14O5. The Morgan fingerprint density at radius 1 is 1.18 bits per heavy atom. The van der Waals surface area contributed by atoms with Gasteiger partial charge in [0.25, 0.3) is 0 Å². The number of esters is 1. The lowest BCUT2D eigenvalue weighted by molar-refractivity contribution is -0.134. The van der Waals surface area contributed by atoms with Crippen molar-refractivity contribution in [2.45, 2.75) is 0 Å². The molecule has 0 fully saturated rings. The number of aromatic hydroxyl groups is 1. The predicted octanol–water partition coefficient (Wildman–Crippen LogP) is 1.60. The van der Waals surface area contributed by atoms with Gasteiger partial charge in [0.1, 0.15) is 5.75 Å². The Morgan fingerprint density at radius 2 is 1.82 bits per heavy atom. The van der Waals surface area contributed by atoms with Crippen LogP contribution in [0.1, 0.15) is 5.56 Å². The smallest absolute Gasteiger partial charge is 0.330 e. The molecule has 0 amide bonds. The van der Waals surface area contributed by atoms with E-state index in [1.807, 2.05) is 0 Å². The highest BCUT2D eigenvalue weighted by Gasteiger charge is 2.08. The number of rotatable bonds is 4. The zero-order chi connectivity index (χ0) is 12.8. The molecular weight excluding hydrogens is 224 g/mol. The van der Waals surface area contributed by atoms with Crippen LogP contribution in [0.25, 0.3) is 6.08 Å². The summed E-state index contributed by atoms with van der Waals surface area (Å²) in [6, 6.07) is 2.98. The van der Waals surface area contributed by atoms with E-state index >= 15 is 0 Å². The highest BCUT2D eigenvalue weighted by atomic mass is 16.5. The number of hydrogen-bond acceptors (Lipinski definition) is 5. The molecule has 0 saturated heterocycles. The molecule has 0 unspecified atom stereocenters. The van der Waals surface area contributed by atoms with Gasteiger partial charge in [-0.05, 0) is 12.1 Å². The van der Waals surface area contributed by atoms with Crippen molar-refractivity contribution in [2.75, 3.05) is 21.3 Å². The Labute approximate surface area is 99.2 Å². The first-order chi connectivity index (χ1) is 8.12. The fraction of sp³-hybridized carbons (Fsp3) is 0.250. The Kier molecular flexibility index (Phi) is 4.39. The van der Waals surface area contributed by atoms with Crippen molar-refractivity contribution < 1.29 is 24.1 Å². The summed E-state index contributed by atoms with van der Waals surface area (Å²) < 4.78 is 14.5. The van der Waals surface area contributed by atoms with Gasteiger partial charge in [-0.25, -0.2) is 4.79 Å². The van der Waals surface area contributed by atoms with E-state index in [0.29, 0.717) is 17.1 Å². The van der Waals surface area contributed by atoms with Crippen molar-refractivity contribution in [3.63, 3.8) is 0 Å². The molecule has 1 aromatic carbocycles. The van der Waals surface area contributed by atoms with Crippen molar-refractivity contribution in [1.29, 1.82) is 0 Å². The van der Waals surface area contributed by atoms with E-state index in [1.165, 1.54) is 45.6 Å². The zero-order valence-electron chi connectivity index (χ0n) is 9.89. The molecule has 0 aromatic heterocycles. The minimum Gasteiger partial charge on any atom is -0.504 e. The number of carbonyl (C=O) groups is 1. The van der Waals surface area contributed by atoms with Crippen molar-refractivity contribution in [1.82, 2.24) is 0 Å². The van der Waals surface area contributed by atoms with Gasteiger partial charge in [0.15, 0.2) is 11.5 Å². The van der Waals surface area contributed by atoms with Crippen molar-refractivity contribution in [3.8, 4) is 17.2 Å². The van der Waals surface area contributed by atoms with Crippen LogP contribution in [-0.2, 0) is 9.53 Å². The summed E-state index contributed by atoms with van der Waals surface area (Å²) in [6.45, 7) is 0. The molecule has 92 valence electrons. The normalized spacial score (nSPS) is 10.3. The summed E-state index contributed by atoms with van der Waals surface area (Å²) in [5, 5.41) is 9.60. The van der Waals surface area contributed by atoms with Crippen LogP contribution in [0.5, 0.6) is 17.2 Å². The van der Waals surface area contributed by atoms with E-state index in [1.54, 1.807) is 0 Å². The summed E-state index contributed by atoms with van der Waals surface area (Å²) in [4.78, 5) is 11.0. The standard InChI is InChI=1S/C12H14O5/c1-15-10-7-11(16-2)9(13)6-8(10)4-5-12(14)17-3/h4-7,13H,1-3H3. The molecule has 1 aromatic rings. The average molecular weight is 238 g/mol. The first-order valence-electron chi connectivity index (χ1n) is 4.83. The summed E-state index contributed by atoms with van der Waals surface area (Å²) in [7, 11) is 4.22. The first kappa shape index (κ1) is 12.9. The molecule has 1 rings (SSSR count). The van der Waals surface area contributed by atoms with E-state index in [-0.39, 0.29) is 5.75 Å². The largest absolute Gasteiger partial charge is 0.504 e. The maximum Gasteiger partial charge on any atom is 0.330 e. The maximum absolute atomic E-state index is 11.0. The third-order valence-electron chi connectivity index (χ3n) is 2.13. The molecule has 0 aliphatic carbocycles. The highest BCUT2D eigenvalue weighted by Crippen LogP contribution is 2.34. The topological polar surface area (TPSA) is 65.0 Å². The van der Waals surface area contributed by atoms with Crippen molar-refractivity contribution in [3.05, 3.63) is 23.8 Å². The molecule has 0 aliphatic rings. The predicted molar refractivity (Wildman–Crippen MR) is 62.3 cm³/mol. The second-order valence-corrected chi connectivity index (χ2v) is 3.12. The molecule has 17 heavy (non-hydrogen) atoms. The highest BCUT2D eigenvalue weighted by molar-refractivity contribution is 5.87. The van der Waals surface area contributed by atoms with Gasteiger partial charge in [-0.1, -0.05) is 0 Å². The van der Waals surface area contributed by atoms with Crippen LogP contribution >= 0.6 is 0 Å². The SMILES string of the molecule is COC(=O)C=Cc1cc(O)c(OC)cc1OC. The Balaban J connectivity index is 3.10. The average Bonchev–Trinajstić information content (AvgIpc) is 2.35. The van der Waals surface area contributed by atoms with Crippen LogP contribution in [0.4, 0.5) is 0 Å². The van der Waals surface area contributed by atoms with E-state index < -0.39 is 5.97 Å². The van der Waals surface area contributed by atoms with Gasteiger partial charge >= 0.3 is 5.97 Å². The zero-order valence-corrected chi connectivity index (χ0v) is 9.89. The number of phenols is 1. The number of carbonyl (C=O) groups excluding carboxylic acids is 1. The van der Waals surface area contributed by atoms with Crippen molar-refractivity contribution >= 4 is 12.0 Å². The summed E-state index contributed by atoms with van der Waals surface area (Å²) >= 11 is 0. The minimum absolute atomic E-state index is 0.0298. The van der Waals surface area contributed by atoms with Gasteiger partial charge in [0.2, 0.25) is 0 Å². The van der Waals surface area contributed by atoms with Gasteiger partial charge in [-0.15, -0.1) is 0 Å². The third-order valence-corrected chi connectivity index (χ3v) is 2.13. The van der Waals surface area contributed by atoms with Gasteiger partial charge in [-0.2, -0.15) is 0 Å². The Hall–Kier alpha value is -2.17. The van der Waals surface area contributed by atoms with Crippen LogP contribution in [0.15, 0.2) is 18.2 Å². The minimum atomic E-state index is -0.484. The van der Waals surface area contributed by atoms with E-state index in [9.17, 15) is 9.90 Å². The fourth-order valence-corrected chi connectivity index (χ4v) is 1.26. The first-order valence-corrected chi connectivity index (χ1v) is 4.83. The number of ether oxygens (including phenoxy) is 3. The molecule has 0 bridgehead atoms. The molecule has 5 nitrogen and oxygen atoms in total. The van der Waals surface area contributed by atoms with Crippen molar-refractivity contribution in [2.24, 2.45) is 0 Å². The van der Waals surface area contributed by atoms with Gasteiger partial charge < -0.3 is 19.3 Å². The molecule has 5 heteroatoms. The number of methoxy groups -OCH3 is 3. The number of benzene rings is 1. The van der Waals surface area contributed by atoms with E-state index in [4.69, 9.17) is 9.47 Å². The fourth-order valence-electron chi connectivity index (χ4n) is 1.26. The van der Waals surface area contributed by atoms with Crippen LogP contribution in [0, 0.1) is 0 Å². The lowest BCUT2D eigenvalue weighted by Gasteiger charge is -2.09. The molecule has 0 spiro atoms. The lowest BCUT2D eigenvalue weighted by Crippen LogP contribution is -1.94. The molecule has 0 saturated carbocycles. The summed E-state index contributed by atoms with van der Waals surface area (Å²) in [5.41, 5.74) is 0.552. The second-order valence-electron chi connectivity index (χ2n) is 3.12. The van der Waals surface area contributed by atoms with Gasteiger partial charge in [-0.3, -0.25) is 0 Å². The number of hydrogen-bond donors (Lipinski definition) is 1. The summed E-state index contributed by atoms with van der Waals surface area (Å²) in [5.74, 6) is 0.275. The molecule has 0 aliphatic heterocycles. The summed E-state index contributed by atoms with van der Waals surface area (Å²) in [6.07, 6.45) is 2.73. The van der Waals surface area contributed by atoms with Crippen LogP contribution in [0.2, 0.25) is 0 Å². The van der Waals surface area contributed by atoms with E-state index in [2.05, 4.69) is 4.74 Å². The maximum atomic E-state index is 11.0. The monoisotopic (exact) mass is 238 g/mol. The van der Waals surface area contributed by atoms with E-state index in [0.717, 1.165) is 0 Å². The molecule has 1 N–H and O–H groups in total. The second kappa shape index (κ2) is 5.79. The molecule has 0 heterocycles. The number of phenolic OH excluding ortho intramolecular Hbond substituents is 1. The van der Waals surface area contributed by atoms with Crippen LogP contribution in [-0.4, -0.2) is 32.4 Å². The quantitative estimate of drug-likeness (QED) is 0.637. The van der Waals surface area contributed by atoms with Gasteiger partial charge in [0, 0.05) is 17.7 Å². The molecule has 0 atom stereocenters.